The Kier molecular flexibility index (Phi) is 6.41. The summed E-state index contributed by atoms with van der Waals surface area (Å²) in [6.45, 7) is 7.79. The molecule has 4 heterocycles. The van der Waals surface area contributed by atoms with Gasteiger partial charge in [-0.1, -0.05) is 18.7 Å². The average Bonchev–Trinajstić information content (AvgIpc) is 3.54. The maximum atomic E-state index is 13.8. The second-order valence-electron chi connectivity index (χ2n) is 10.8. The van der Waals surface area contributed by atoms with Gasteiger partial charge in [0.1, 0.15) is 29.9 Å². The predicted molar refractivity (Wildman–Crippen MR) is 148 cm³/mol. The first kappa shape index (κ1) is 26.4. The minimum Gasteiger partial charge on any atom is -0.459 e. The summed E-state index contributed by atoms with van der Waals surface area (Å²) in [7, 11) is 1.83. The van der Waals surface area contributed by atoms with E-state index in [1.165, 1.54) is 18.2 Å². The molecule has 6 rings (SSSR count). The molecule has 2 fully saturated rings. The molecule has 41 heavy (non-hydrogen) atoms. The van der Waals surface area contributed by atoms with Crippen molar-refractivity contribution in [2.75, 3.05) is 31.1 Å². The van der Waals surface area contributed by atoms with Crippen molar-refractivity contribution in [3.05, 3.63) is 77.5 Å². The molecule has 0 unspecified atom stereocenters. The zero-order chi connectivity index (χ0) is 28.9. The molecule has 2 aromatic carbocycles. The van der Waals surface area contributed by atoms with Gasteiger partial charge in [0.05, 0.1) is 17.4 Å². The molecule has 9 nitrogen and oxygen atoms in total. The highest BCUT2D eigenvalue weighted by molar-refractivity contribution is 5.97. The van der Waals surface area contributed by atoms with Crippen LogP contribution < -0.4 is 9.64 Å². The SMILES string of the molecule is C=CC(=O)N1CC2(CCN(c3nc(OCc4cc(F)cc(F)c4)nc(-c4c(C)ccc5cnn(C)c45)c3C#N)C2)C1. The van der Waals surface area contributed by atoms with Crippen LogP contribution in [0, 0.1) is 35.3 Å². The Morgan fingerprint density at radius 1 is 1.20 bits per heavy atom. The third-order valence-electron chi connectivity index (χ3n) is 7.90. The lowest BCUT2D eigenvalue weighted by Crippen LogP contribution is -2.59. The summed E-state index contributed by atoms with van der Waals surface area (Å²) in [5.41, 5.74) is 3.28. The molecule has 0 radical (unpaired) electrons. The van der Waals surface area contributed by atoms with Gasteiger partial charge < -0.3 is 14.5 Å². The molecule has 2 aliphatic rings. The maximum Gasteiger partial charge on any atom is 0.319 e. The van der Waals surface area contributed by atoms with E-state index >= 15 is 0 Å². The van der Waals surface area contributed by atoms with E-state index in [1.807, 2.05) is 31.0 Å². The number of carbonyl (C=O) groups is 1. The largest absolute Gasteiger partial charge is 0.459 e. The Bertz CT molecular complexity index is 1730. The molecular weight excluding hydrogens is 528 g/mol. The molecule has 2 aliphatic heterocycles. The lowest BCUT2D eigenvalue weighted by atomic mass is 9.79. The smallest absolute Gasteiger partial charge is 0.319 e. The van der Waals surface area contributed by atoms with E-state index in [-0.39, 0.29) is 29.5 Å². The Balaban J connectivity index is 1.43. The summed E-state index contributed by atoms with van der Waals surface area (Å²) >= 11 is 0. The molecule has 1 amide bonds. The number of hydrogen-bond donors (Lipinski definition) is 0. The molecule has 0 N–H and O–H groups in total. The first-order valence-corrected chi connectivity index (χ1v) is 13.2. The van der Waals surface area contributed by atoms with Gasteiger partial charge in [0.2, 0.25) is 5.91 Å². The Hall–Kier alpha value is -4.85. The van der Waals surface area contributed by atoms with Crippen molar-refractivity contribution in [2.45, 2.75) is 20.0 Å². The van der Waals surface area contributed by atoms with Crippen molar-refractivity contribution in [1.82, 2.24) is 24.6 Å². The average molecular weight is 556 g/mol. The summed E-state index contributed by atoms with van der Waals surface area (Å²) in [6.07, 6.45) is 3.90. The first-order chi connectivity index (χ1) is 19.7. The molecule has 0 atom stereocenters. The van der Waals surface area contributed by atoms with Crippen LogP contribution >= 0.6 is 0 Å². The van der Waals surface area contributed by atoms with Crippen LogP contribution in [0.2, 0.25) is 0 Å². The number of benzene rings is 2. The highest BCUT2D eigenvalue weighted by atomic mass is 19.1. The van der Waals surface area contributed by atoms with Crippen molar-refractivity contribution >= 4 is 22.6 Å². The quantitative estimate of drug-likeness (QED) is 0.327. The number of hydrogen-bond acceptors (Lipinski definition) is 7. The van der Waals surface area contributed by atoms with Gasteiger partial charge in [0.25, 0.3) is 0 Å². The normalized spacial score (nSPS) is 15.7. The van der Waals surface area contributed by atoms with Crippen LogP contribution in [0.3, 0.4) is 0 Å². The van der Waals surface area contributed by atoms with Gasteiger partial charge in [-0.05, 0) is 42.7 Å². The zero-order valence-corrected chi connectivity index (χ0v) is 22.7. The molecule has 11 heteroatoms. The maximum absolute atomic E-state index is 13.8. The minimum atomic E-state index is -0.712. The number of ether oxygens (including phenoxy) is 1. The molecule has 1 spiro atoms. The van der Waals surface area contributed by atoms with E-state index in [0.29, 0.717) is 43.3 Å². The van der Waals surface area contributed by atoms with E-state index in [9.17, 15) is 18.8 Å². The predicted octanol–water partition coefficient (Wildman–Crippen LogP) is 4.29. The van der Waals surface area contributed by atoms with Gasteiger partial charge in [0.15, 0.2) is 5.82 Å². The van der Waals surface area contributed by atoms with Crippen molar-refractivity contribution < 1.29 is 18.3 Å². The summed E-state index contributed by atoms with van der Waals surface area (Å²) in [5, 5.41) is 15.7. The van der Waals surface area contributed by atoms with Gasteiger partial charge in [0, 0.05) is 55.7 Å². The van der Waals surface area contributed by atoms with Crippen LogP contribution in [0.1, 0.15) is 23.1 Å². The number of rotatable bonds is 6. The molecule has 2 aromatic heterocycles. The standard InChI is InChI=1S/C30H27F2N7O2/c1-4-24(40)39-16-30(17-39)7-8-38(15-30)28-23(12-33)26(25-18(2)5-6-20-13-34-37(3)27(20)25)35-29(36-28)41-14-19-9-21(31)11-22(32)10-19/h4-6,9-11,13H,1,7-8,14-17H2,2-3H3. The van der Waals surface area contributed by atoms with Crippen LogP contribution in [0.5, 0.6) is 6.01 Å². The van der Waals surface area contributed by atoms with Crippen molar-refractivity contribution in [3.63, 3.8) is 0 Å². The highest BCUT2D eigenvalue weighted by Gasteiger charge is 2.49. The fourth-order valence-electron chi connectivity index (χ4n) is 5.94. The van der Waals surface area contributed by atoms with Crippen LogP contribution in [0.15, 0.2) is 49.2 Å². The molecule has 4 aromatic rings. The molecular formula is C30H27F2N7O2. The number of aromatic nitrogens is 4. The molecule has 0 aliphatic carbocycles. The lowest BCUT2D eigenvalue weighted by molar-refractivity contribution is -0.136. The van der Waals surface area contributed by atoms with Gasteiger partial charge in [-0.2, -0.15) is 20.3 Å². The molecule has 208 valence electrons. The van der Waals surface area contributed by atoms with Gasteiger partial charge in [-0.3, -0.25) is 9.48 Å². The van der Waals surface area contributed by atoms with Crippen molar-refractivity contribution in [1.29, 1.82) is 5.26 Å². The van der Waals surface area contributed by atoms with Crippen LogP contribution in [-0.4, -0.2) is 56.7 Å². The Morgan fingerprint density at radius 3 is 2.66 bits per heavy atom. The Morgan fingerprint density at radius 2 is 1.95 bits per heavy atom. The number of nitrogens with zero attached hydrogens (tertiary/aromatic N) is 7. The van der Waals surface area contributed by atoms with E-state index in [0.717, 1.165) is 34.5 Å². The van der Waals surface area contributed by atoms with Crippen LogP contribution in [-0.2, 0) is 18.4 Å². The number of anilines is 1. The topological polar surface area (TPSA) is 100 Å². The fraction of sp³-hybridized carbons (Fsp3) is 0.300. The Labute approximate surface area is 235 Å². The van der Waals surface area contributed by atoms with E-state index < -0.39 is 11.6 Å². The van der Waals surface area contributed by atoms with Gasteiger partial charge in [-0.25, -0.2) is 8.78 Å². The highest BCUT2D eigenvalue weighted by Crippen LogP contribution is 2.43. The molecule has 0 saturated carbocycles. The van der Waals surface area contributed by atoms with E-state index in [2.05, 4.69) is 27.7 Å². The molecule has 2 saturated heterocycles. The van der Waals surface area contributed by atoms with E-state index in [1.54, 1.807) is 15.8 Å². The fourth-order valence-corrected chi connectivity index (χ4v) is 5.94. The summed E-state index contributed by atoms with van der Waals surface area (Å²) < 4.78 is 35.3. The number of halogens is 2. The number of carbonyl (C=O) groups excluding carboxylic acids is 1. The zero-order valence-electron chi connectivity index (χ0n) is 22.7. The first-order valence-electron chi connectivity index (χ1n) is 13.2. The van der Waals surface area contributed by atoms with Crippen LogP contribution in [0.25, 0.3) is 22.2 Å². The lowest BCUT2D eigenvalue weighted by Gasteiger charge is -2.47. The summed E-state index contributed by atoms with van der Waals surface area (Å²) in [4.78, 5) is 25.2. The molecule has 0 bridgehead atoms. The van der Waals surface area contributed by atoms with E-state index in [4.69, 9.17) is 4.74 Å². The van der Waals surface area contributed by atoms with Gasteiger partial charge in [-0.15, -0.1) is 0 Å². The number of nitriles is 1. The monoisotopic (exact) mass is 555 g/mol. The second-order valence-corrected chi connectivity index (χ2v) is 10.8. The summed E-state index contributed by atoms with van der Waals surface area (Å²) in [6, 6.07) is 9.39. The number of aryl methyl sites for hydroxylation is 2. The number of amides is 1. The second kappa shape index (κ2) is 9.96. The van der Waals surface area contributed by atoms with Gasteiger partial charge >= 0.3 is 6.01 Å². The number of likely N-dealkylation sites (tertiary alicyclic amines) is 1. The number of fused-ring (bicyclic) bond motifs is 1. The van der Waals surface area contributed by atoms with Crippen molar-refractivity contribution in [3.8, 4) is 23.3 Å². The minimum absolute atomic E-state index is 0.0183. The van der Waals surface area contributed by atoms with Crippen LogP contribution in [0.4, 0.5) is 14.6 Å². The third-order valence-corrected chi connectivity index (χ3v) is 7.90. The van der Waals surface area contributed by atoms with Crippen molar-refractivity contribution in [2.24, 2.45) is 12.5 Å². The third kappa shape index (κ3) is 4.65. The summed E-state index contributed by atoms with van der Waals surface area (Å²) in [5.74, 6) is -1.10.